The van der Waals surface area contributed by atoms with Crippen LogP contribution in [0.3, 0.4) is 0 Å². The van der Waals surface area contributed by atoms with Gasteiger partial charge in [0, 0.05) is 0 Å². The molecule has 0 radical (unpaired) electrons. The van der Waals surface area contributed by atoms with Crippen LogP contribution in [0.25, 0.3) is 0 Å². The topological polar surface area (TPSA) is 135 Å². The zero-order chi connectivity index (χ0) is 19.4. The zero-order valence-corrected chi connectivity index (χ0v) is 17.1. The summed E-state index contributed by atoms with van der Waals surface area (Å²) in [7, 11) is -10.6. The van der Waals surface area contributed by atoms with Crippen LogP contribution in [0.2, 0.25) is 0 Å². The first kappa shape index (κ1) is 25.3. The third-order valence-corrected chi connectivity index (χ3v) is 8.43. The van der Waals surface area contributed by atoms with Gasteiger partial charge in [-0.15, -0.1) is 0 Å². The molecular weight excluding hydrogens is 366 g/mol. The molecule has 0 saturated heterocycles. The van der Waals surface area contributed by atoms with Crippen LogP contribution in [0.5, 0.6) is 0 Å². The first-order valence-electron chi connectivity index (χ1n) is 9.40. The third kappa shape index (κ3) is 10.2. The minimum atomic E-state index is -5.30. The Morgan fingerprint density at radius 1 is 0.600 bits per heavy atom. The molecule has 0 aromatic rings. The fraction of sp³-hybridized carbons (Fsp3) is 1.00. The molecule has 7 nitrogen and oxygen atoms in total. The molecule has 0 aromatic carbocycles. The van der Waals surface area contributed by atoms with Gasteiger partial charge in [-0.1, -0.05) is 84.0 Å². The van der Waals surface area contributed by atoms with E-state index in [2.05, 4.69) is 6.92 Å². The maximum Gasteiger partial charge on any atom is 0.369 e. The number of rotatable bonds is 16. The second kappa shape index (κ2) is 12.6. The van der Waals surface area contributed by atoms with Crippen molar-refractivity contribution in [2.45, 2.75) is 102 Å². The van der Waals surface area contributed by atoms with Crippen molar-refractivity contribution in [1.29, 1.82) is 0 Å². The summed E-state index contributed by atoms with van der Waals surface area (Å²) in [6, 6.07) is 0. The van der Waals surface area contributed by atoms with Crippen LogP contribution in [-0.4, -0.2) is 29.8 Å². The van der Waals surface area contributed by atoms with E-state index in [0.29, 0.717) is 6.42 Å². The van der Waals surface area contributed by atoms with E-state index in [9.17, 15) is 14.2 Å². The molecular formula is C16H36O7P2. The van der Waals surface area contributed by atoms with Crippen LogP contribution < -0.4 is 0 Å². The quantitative estimate of drug-likeness (QED) is 0.190. The standard InChI is InChI=1S/C16H36O7P2/c1-2-3-4-5-6-7-8-9-10-11-12-13-14-15-16(17,24(18,19)20)25(21,22)23/h17H,2-15H2,1H3,(H2,18,19,20)(H2,21,22,23). The first-order valence-corrected chi connectivity index (χ1v) is 12.6. The zero-order valence-electron chi connectivity index (χ0n) is 15.3. The fourth-order valence-electron chi connectivity index (χ4n) is 2.84. The molecule has 0 heterocycles. The predicted octanol–water partition coefficient (Wildman–Crippen LogP) is 4.47. The van der Waals surface area contributed by atoms with Gasteiger partial charge in [0.1, 0.15) is 0 Å². The Morgan fingerprint density at radius 2 is 0.880 bits per heavy atom. The molecule has 0 fully saturated rings. The Morgan fingerprint density at radius 3 is 1.16 bits per heavy atom. The van der Waals surface area contributed by atoms with Gasteiger partial charge in [-0.25, -0.2) is 0 Å². The summed E-state index contributed by atoms with van der Waals surface area (Å²) in [4.78, 5) is 36.1. The highest BCUT2D eigenvalue weighted by molar-refractivity contribution is 7.72. The van der Waals surface area contributed by atoms with E-state index in [1.165, 1.54) is 51.4 Å². The molecule has 25 heavy (non-hydrogen) atoms. The average Bonchev–Trinajstić information content (AvgIpc) is 2.49. The van der Waals surface area contributed by atoms with Gasteiger partial charge in [0.15, 0.2) is 0 Å². The molecule has 0 aromatic heterocycles. The predicted molar refractivity (Wildman–Crippen MR) is 99.4 cm³/mol. The van der Waals surface area contributed by atoms with Gasteiger partial charge < -0.3 is 24.7 Å². The Labute approximate surface area is 151 Å². The highest BCUT2D eigenvalue weighted by Crippen LogP contribution is 2.69. The van der Waals surface area contributed by atoms with Crippen molar-refractivity contribution in [3.05, 3.63) is 0 Å². The summed E-state index contributed by atoms with van der Waals surface area (Å²) < 4.78 is 22.4. The van der Waals surface area contributed by atoms with Gasteiger partial charge in [-0.05, 0) is 12.8 Å². The molecule has 0 aliphatic carbocycles. The molecule has 0 amide bonds. The van der Waals surface area contributed by atoms with Crippen LogP contribution >= 0.6 is 15.2 Å². The molecule has 0 unspecified atom stereocenters. The minimum Gasteiger partial charge on any atom is -0.368 e. The highest BCUT2D eigenvalue weighted by Gasteiger charge is 2.58. The first-order chi connectivity index (χ1) is 11.6. The van der Waals surface area contributed by atoms with Gasteiger partial charge in [0.2, 0.25) is 0 Å². The highest BCUT2D eigenvalue weighted by atomic mass is 31.2. The minimum absolute atomic E-state index is 0.171. The smallest absolute Gasteiger partial charge is 0.368 e. The number of hydrogen-bond acceptors (Lipinski definition) is 3. The van der Waals surface area contributed by atoms with Crippen molar-refractivity contribution in [1.82, 2.24) is 0 Å². The summed E-state index contributed by atoms with van der Waals surface area (Å²) in [5.74, 6) is 0. The van der Waals surface area contributed by atoms with E-state index >= 15 is 0 Å². The van der Waals surface area contributed by atoms with Crippen molar-refractivity contribution >= 4 is 15.2 Å². The van der Waals surface area contributed by atoms with Gasteiger partial charge in [0.25, 0.3) is 5.08 Å². The van der Waals surface area contributed by atoms with Crippen LogP contribution in [0.1, 0.15) is 96.8 Å². The molecule has 152 valence electrons. The summed E-state index contributed by atoms with van der Waals surface area (Å²) >= 11 is 0. The van der Waals surface area contributed by atoms with Crippen molar-refractivity contribution in [3.8, 4) is 0 Å². The Bertz CT molecular complexity index is 408. The molecule has 0 spiro atoms. The lowest BCUT2D eigenvalue weighted by Crippen LogP contribution is -2.28. The van der Waals surface area contributed by atoms with E-state index in [-0.39, 0.29) is 6.42 Å². The SMILES string of the molecule is CCCCCCCCCCCCCCCC(O)(P(=O)(O)O)P(=O)(O)O. The molecule has 0 rings (SSSR count). The van der Waals surface area contributed by atoms with Gasteiger partial charge in [-0.2, -0.15) is 0 Å². The maximum absolute atomic E-state index is 11.2. The largest absolute Gasteiger partial charge is 0.369 e. The maximum atomic E-state index is 11.2. The van der Waals surface area contributed by atoms with Crippen LogP contribution in [-0.2, 0) is 9.13 Å². The van der Waals surface area contributed by atoms with E-state index in [4.69, 9.17) is 19.6 Å². The van der Waals surface area contributed by atoms with Crippen LogP contribution in [0, 0.1) is 0 Å². The molecule has 0 aliphatic rings. The fourth-order valence-corrected chi connectivity index (χ4v) is 5.10. The van der Waals surface area contributed by atoms with E-state index in [1.54, 1.807) is 0 Å². The normalized spacial score (nSPS) is 13.4. The lowest BCUT2D eigenvalue weighted by atomic mass is 10.0. The molecule has 0 atom stereocenters. The van der Waals surface area contributed by atoms with Gasteiger partial charge in [0.05, 0.1) is 0 Å². The second-order valence-electron chi connectivity index (χ2n) is 6.86. The van der Waals surface area contributed by atoms with E-state index < -0.39 is 26.7 Å². The van der Waals surface area contributed by atoms with Crippen molar-refractivity contribution < 1.29 is 33.8 Å². The summed E-state index contributed by atoms with van der Waals surface area (Å²) in [5, 5.41) is 6.48. The van der Waals surface area contributed by atoms with Gasteiger partial charge >= 0.3 is 15.2 Å². The number of aliphatic hydroxyl groups is 1. The average molecular weight is 402 g/mol. The molecule has 5 N–H and O–H groups in total. The number of hydrogen-bond donors (Lipinski definition) is 5. The van der Waals surface area contributed by atoms with Crippen molar-refractivity contribution in [2.24, 2.45) is 0 Å². The second-order valence-corrected chi connectivity index (χ2v) is 10.9. The van der Waals surface area contributed by atoms with E-state index in [0.717, 1.165) is 19.3 Å². The van der Waals surface area contributed by atoms with Crippen molar-refractivity contribution in [3.63, 3.8) is 0 Å². The number of unbranched alkanes of at least 4 members (excludes halogenated alkanes) is 12. The van der Waals surface area contributed by atoms with Gasteiger partial charge in [-0.3, -0.25) is 9.13 Å². The Kier molecular flexibility index (Phi) is 12.7. The molecule has 0 saturated carbocycles. The monoisotopic (exact) mass is 402 g/mol. The lowest BCUT2D eigenvalue weighted by Gasteiger charge is -2.29. The Hall–Kier alpha value is 0.260. The van der Waals surface area contributed by atoms with Crippen molar-refractivity contribution in [2.75, 3.05) is 0 Å². The molecule has 0 aliphatic heterocycles. The molecule has 0 bridgehead atoms. The Balaban J connectivity index is 3.72. The summed E-state index contributed by atoms with van der Waals surface area (Å²) in [5.41, 5.74) is 0. The third-order valence-electron chi connectivity index (χ3n) is 4.55. The van der Waals surface area contributed by atoms with E-state index in [1.807, 2.05) is 0 Å². The molecule has 9 heteroatoms. The van der Waals surface area contributed by atoms with Crippen LogP contribution in [0.4, 0.5) is 0 Å². The summed E-state index contributed by atoms with van der Waals surface area (Å²) in [6.07, 6.45) is 13.2. The summed E-state index contributed by atoms with van der Waals surface area (Å²) in [6.45, 7) is 2.21. The lowest BCUT2D eigenvalue weighted by molar-refractivity contribution is 0.120. The van der Waals surface area contributed by atoms with Crippen LogP contribution in [0.15, 0.2) is 0 Å².